The van der Waals surface area contributed by atoms with Gasteiger partial charge in [-0.25, -0.2) is 4.68 Å². The molecule has 1 aliphatic heterocycles. The first-order valence-electron chi connectivity index (χ1n) is 7.82. The first-order chi connectivity index (χ1) is 10.9. The topological polar surface area (TPSA) is 29.9 Å². The minimum absolute atomic E-state index is 0.423. The van der Waals surface area contributed by atoms with E-state index in [1.807, 2.05) is 13.8 Å². The molecule has 1 saturated heterocycles. The molecule has 1 aliphatic rings. The number of aryl methyl sites for hydroxylation is 1. The summed E-state index contributed by atoms with van der Waals surface area (Å²) < 4.78 is 39.8. The van der Waals surface area contributed by atoms with Crippen LogP contribution in [0.1, 0.15) is 41.3 Å². The Labute approximate surface area is 133 Å². The number of aromatic nitrogens is 2. The van der Waals surface area contributed by atoms with E-state index in [9.17, 15) is 13.2 Å². The summed E-state index contributed by atoms with van der Waals surface area (Å²) in [5, 5.41) is 7.95. The number of nitrogens with one attached hydrogen (secondary N) is 1. The van der Waals surface area contributed by atoms with E-state index in [4.69, 9.17) is 0 Å². The van der Waals surface area contributed by atoms with Crippen molar-refractivity contribution in [1.82, 2.24) is 15.1 Å². The second kappa shape index (κ2) is 6.00. The number of nitrogens with zero attached hydrogens (tertiary/aromatic N) is 2. The second-order valence-electron chi connectivity index (χ2n) is 6.08. The molecule has 0 spiro atoms. The molecule has 0 aliphatic carbocycles. The Morgan fingerprint density at radius 1 is 1.17 bits per heavy atom. The highest BCUT2D eigenvalue weighted by atomic mass is 19.4. The third-order valence-electron chi connectivity index (χ3n) is 4.49. The third kappa shape index (κ3) is 3.13. The van der Waals surface area contributed by atoms with Crippen molar-refractivity contribution in [2.45, 2.75) is 38.8 Å². The van der Waals surface area contributed by atoms with E-state index < -0.39 is 11.7 Å². The van der Waals surface area contributed by atoms with E-state index >= 15 is 0 Å². The molecule has 1 N–H and O–H groups in total. The molecule has 2 aromatic rings. The molecule has 0 bridgehead atoms. The molecule has 1 unspecified atom stereocenters. The number of piperidine rings is 1. The van der Waals surface area contributed by atoms with Crippen molar-refractivity contribution in [3.05, 3.63) is 46.8 Å². The van der Waals surface area contributed by atoms with E-state index in [-0.39, 0.29) is 0 Å². The quantitative estimate of drug-likeness (QED) is 0.906. The van der Waals surface area contributed by atoms with Gasteiger partial charge in [0.15, 0.2) is 0 Å². The van der Waals surface area contributed by atoms with Crippen LogP contribution in [0.5, 0.6) is 0 Å². The van der Waals surface area contributed by atoms with Crippen LogP contribution in [0, 0.1) is 13.8 Å². The SMILES string of the molecule is Cc1nn(-c2ccc(C(F)(F)F)cc2)c(C)c1C1CCCNC1. The van der Waals surface area contributed by atoms with Crippen LogP contribution in [0.4, 0.5) is 13.2 Å². The molecule has 1 aromatic carbocycles. The highest BCUT2D eigenvalue weighted by Crippen LogP contribution is 2.32. The zero-order valence-corrected chi connectivity index (χ0v) is 13.2. The van der Waals surface area contributed by atoms with Gasteiger partial charge in [0.25, 0.3) is 0 Å². The first-order valence-corrected chi connectivity index (χ1v) is 7.82. The monoisotopic (exact) mass is 323 g/mol. The van der Waals surface area contributed by atoms with Crippen molar-refractivity contribution >= 4 is 0 Å². The number of alkyl halides is 3. The summed E-state index contributed by atoms with van der Waals surface area (Å²) in [5.41, 5.74) is 3.21. The predicted octanol–water partition coefficient (Wildman–Crippen LogP) is 3.97. The highest BCUT2D eigenvalue weighted by molar-refractivity contribution is 5.40. The summed E-state index contributed by atoms with van der Waals surface area (Å²) in [4.78, 5) is 0. The number of halogens is 3. The molecule has 3 nitrogen and oxygen atoms in total. The van der Waals surface area contributed by atoms with Gasteiger partial charge in [0.2, 0.25) is 0 Å². The molecule has 3 rings (SSSR count). The van der Waals surface area contributed by atoms with Crippen molar-refractivity contribution in [2.75, 3.05) is 13.1 Å². The van der Waals surface area contributed by atoms with E-state index in [0.29, 0.717) is 11.6 Å². The normalized spacial score (nSPS) is 19.1. The van der Waals surface area contributed by atoms with Gasteiger partial charge in [-0.2, -0.15) is 18.3 Å². The minimum Gasteiger partial charge on any atom is -0.316 e. The predicted molar refractivity (Wildman–Crippen MR) is 82.9 cm³/mol. The van der Waals surface area contributed by atoms with Gasteiger partial charge in [0, 0.05) is 23.7 Å². The number of hydrogen-bond acceptors (Lipinski definition) is 2. The van der Waals surface area contributed by atoms with Gasteiger partial charge in [0.05, 0.1) is 16.9 Å². The number of hydrogen-bond donors (Lipinski definition) is 1. The fourth-order valence-corrected chi connectivity index (χ4v) is 3.39. The van der Waals surface area contributed by atoms with Crippen LogP contribution in [0.3, 0.4) is 0 Å². The zero-order chi connectivity index (χ0) is 16.6. The molecule has 1 atom stereocenters. The Kier molecular flexibility index (Phi) is 4.19. The zero-order valence-electron chi connectivity index (χ0n) is 13.2. The Morgan fingerprint density at radius 2 is 1.87 bits per heavy atom. The Morgan fingerprint density at radius 3 is 2.43 bits per heavy atom. The van der Waals surface area contributed by atoms with E-state index in [0.717, 1.165) is 49.5 Å². The van der Waals surface area contributed by atoms with Crippen LogP contribution in [-0.2, 0) is 6.18 Å². The molecule has 124 valence electrons. The van der Waals surface area contributed by atoms with Crippen molar-refractivity contribution in [3.8, 4) is 5.69 Å². The summed E-state index contributed by atoms with van der Waals surface area (Å²) in [7, 11) is 0. The van der Waals surface area contributed by atoms with Crippen LogP contribution in [0.2, 0.25) is 0 Å². The molecule has 0 saturated carbocycles. The third-order valence-corrected chi connectivity index (χ3v) is 4.49. The number of benzene rings is 1. The van der Waals surface area contributed by atoms with E-state index in [1.54, 1.807) is 4.68 Å². The maximum absolute atomic E-state index is 12.7. The summed E-state index contributed by atoms with van der Waals surface area (Å²) in [6.07, 6.45) is -2.06. The van der Waals surface area contributed by atoms with Crippen LogP contribution < -0.4 is 5.32 Å². The van der Waals surface area contributed by atoms with E-state index in [1.165, 1.54) is 17.7 Å². The molecule has 2 heterocycles. The van der Waals surface area contributed by atoms with Gasteiger partial charge in [-0.15, -0.1) is 0 Å². The van der Waals surface area contributed by atoms with Crippen LogP contribution in [0.15, 0.2) is 24.3 Å². The molecule has 1 aromatic heterocycles. The van der Waals surface area contributed by atoms with Crippen LogP contribution in [0.25, 0.3) is 5.69 Å². The van der Waals surface area contributed by atoms with Crippen molar-refractivity contribution < 1.29 is 13.2 Å². The molecule has 1 fully saturated rings. The van der Waals surface area contributed by atoms with Crippen LogP contribution >= 0.6 is 0 Å². The number of rotatable bonds is 2. The summed E-state index contributed by atoms with van der Waals surface area (Å²) in [6.45, 7) is 5.93. The summed E-state index contributed by atoms with van der Waals surface area (Å²) in [5.74, 6) is 0.423. The molecular formula is C17H20F3N3. The van der Waals surface area contributed by atoms with Gasteiger partial charge in [-0.05, 0) is 57.5 Å². The standard InChI is InChI=1S/C17H20F3N3/c1-11-16(13-4-3-9-21-10-13)12(2)23(22-11)15-7-5-14(6-8-15)17(18,19)20/h5-8,13,21H,3-4,9-10H2,1-2H3. The molecule has 0 radical (unpaired) electrons. The van der Waals surface area contributed by atoms with Gasteiger partial charge in [-0.3, -0.25) is 0 Å². The fraction of sp³-hybridized carbons (Fsp3) is 0.471. The lowest BCUT2D eigenvalue weighted by molar-refractivity contribution is -0.137. The lowest BCUT2D eigenvalue weighted by atomic mass is 9.90. The molecule has 6 heteroatoms. The maximum Gasteiger partial charge on any atom is 0.416 e. The fourth-order valence-electron chi connectivity index (χ4n) is 3.39. The highest BCUT2D eigenvalue weighted by Gasteiger charge is 2.30. The molecule has 0 amide bonds. The van der Waals surface area contributed by atoms with Gasteiger partial charge in [-0.1, -0.05) is 0 Å². The largest absolute Gasteiger partial charge is 0.416 e. The maximum atomic E-state index is 12.7. The first kappa shape index (κ1) is 16.1. The Hall–Kier alpha value is -1.82. The summed E-state index contributed by atoms with van der Waals surface area (Å²) >= 11 is 0. The second-order valence-corrected chi connectivity index (χ2v) is 6.08. The van der Waals surface area contributed by atoms with Crippen molar-refractivity contribution in [2.24, 2.45) is 0 Å². The lowest BCUT2D eigenvalue weighted by Crippen LogP contribution is -2.28. The van der Waals surface area contributed by atoms with Gasteiger partial charge >= 0.3 is 6.18 Å². The molecule has 23 heavy (non-hydrogen) atoms. The Bertz CT molecular complexity index is 680. The molecular weight excluding hydrogens is 303 g/mol. The van der Waals surface area contributed by atoms with Gasteiger partial charge < -0.3 is 5.32 Å². The minimum atomic E-state index is -4.31. The average Bonchev–Trinajstić information content (AvgIpc) is 2.82. The summed E-state index contributed by atoms with van der Waals surface area (Å²) in [6, 6.07) is 5.16. The van der Waals surface area contributed by atoms with Crippen LogP contribution in [-0.4, -0.2) is 22.9 Å². The lowest BCUT2D eigenvalue weighted by Gasteiger charge is -2.23. The Balaban J connectivity index is 1.94. The average molecular weight is 323 g/mol. The smallest absolute Gasteiger partial charge is 0.316 e. The van der Waals surface area contributed by atoms with Crippen molar-refractivity contribution in [1.29, 1.82) is 0 Å². The van der Waals surface area contributed by atoms with Crippen molar-refractivity contribution in [3.63, 3.8) is 0 Å². The van der Waals surface area contributed by atoms with Gasteiger partial charge in [0.1, 0.15) is 0 Å². The van der Waals surface area contributed by atoms with E-state index in [2.05, 4.69) is 10.4 Å².